The van der Waals surface area contributed by atoms with Crippen LogP contribution in [0.3, 0.4) is 0 Å². The van der Waals surface area contributed by atoms with Gasteiger partial charge < -0.3 is 29.7 Å². The minimum atomic E-state index is -4.48. The van der Waals surface area contributed by atoms with Crippen molar-refractivity contribution >= 4 is 44.7 Å². The van der Waals surface area contributed by atoms with Crippen LogP contribution in [0.25, 0.3) is 22.2 Å². The van der Waals surface area contributed by atoms with E-state index in [1.54, 1.807) is 60.8 Å². The third-order valence-electron chi connectivity index (χ3n) is 12.6. The van der Waals surface area contributed by atoms with Crippen molar-refractivity contribution in [3.05, 3.63) is 96.1 Å². The maximum Gasteiger partial charge on any atom is 0.408 e. The minimum Gasteiger partial charge on any atom is -0.497 e. The van der Waals surface area contributed by atoms with Crippen LogP contribution in [0, 0.1) is 11.3 Å². The number of benzene rings is 3. The van der Waals surface area contributed by atoms with Gasteiger partial charge in [-0.2, -0.15) is 0 Å². The number of hydrogen-bond acceptors (Lipinski definition) is 10. The number of hydrogen-bond donors (Lipinski definition) is 3. The van der Waals surface area contributed by atoms with Gasteiger partial charge in [-0.15, -0.1) is 6.58 Å². The van der Waals surface area contributed by atoms with Crippen molar-refractivity contribution in [1.82, 2.24) is 25.2 Å². The largest absolute Gasteiger partial charge is 0.497 e. The fourth-order valence-electron chi connectivity index (χ4n) is 8.75. The molecule has 2 unspecified atom stereocenters. The molecule has 1 aliphatic carbocycles. The molecule has 1 saturated heterocycles. The van der Waals surface area contributed by atoms with Crippen LogP contribution in [-0.2, 0) is 29.1 Å². The normalized spacial score (nSPS) is 20.0. The van der Waals surface area contributed by atoms with Gasteiger partial charge in [0.25, 0.3) is 15.9 Å². The van der Waals surface area contributed by atoms with Gasteiger partial charge in [-0.3, -0.25) is 14.4 Å². The molecule has 15 heteroatoms. The molecular weight excluding hydrogens is 883 g/mol. The first-order valence-corrected chi connectivity index (χ1v) is 24.9. The Kier molecular flexibility index (Phi) is 14.8. The second kappa shape index (κ2) is 19.6. The first-order chi connectivity index (χ1) is 31.7. The molecule has 4 aromatic rings. The average molecular weight is 952 g/mol. The van der Waals surface area contributed by atoms with Gasteiger partial charge in [0.15, 0.2) is 0 Å². The second-order valence-corrected chi connectivity index (χ2v) is 22.7. The highest BCUT2D eigenvalue weighted by Gasteiger charge is 2.62. The van der Waals surface area contributed by atoms with Crippen LogP contribution in [0.1, 0.15) is 130 Å². The third-order valence-corrected chi connectivity index (χ3v) is 14.1. The van der Waals surface area contributed by atoms with Gasteiger partial charge in [0.2, 0.25) is 11.8 Å². The SMILES string of the molecule is C=CC1CC1(NC(=O)[C@@H]1C[C@@H](Oc2cc(-c3ccccc3)nc3cc(OC)ccc23)CN1C(=O)[C@@H](NC(=O)OC(C)(C)C)C(C)(C)C)C(=O)NS(=O)(=O)c1c(C(C)C)cc(C(C)C)cc1C(C)C. The van der Waals surface area contributed by atoms with Crippen LogP contribution in [0.2, 0.25) is 0 Å². The Balaban J connectivity index is 1.38. The lowest BCUT2D eigenvalue weighted by atomic mass is 9.85. The lowest BCUT2D eigenvalue weighted by Gasteiger charge is -2.36. The molecule has 2 heterocycles. The number of carbonyl (C=O) groups is 4. The summed E-state index contributed by atoms with van der Waals surface area (Å²) in [4.78, 5) is 64.1. The fraction of sp³-hybridized carbons (Fsp3) is 0.491. The van der Waals surface area contributed by atoms with E-state index in [1.165, 1.54) is 11.0 Å². The molecule has 3 aromatic carbocycles. The molecule has 1 aliphatic heterocycles. The van der Waals surface area contributed by atoms with Crippen molar-refractivity contribution in [2.24, 2.45) is 11.3 Å². The Hall–Kier alpha value is -5.96. The van der Waals surface area contributed by atoms with Crippen LogP contribution in [-0.4, -0.2) is 85.1 Å². The highest BCUT2D eigenvalue weighted by Crippen LogP contribution is 2.46. The van der Waals surface area contributed by atoms with Gasteiger partial charge in [0.1, 0.15) is 40.8 Å². The highest BCUT2D eigenvalue weighted by atomic mass is 32.2. The third kappa shape index (κ3) is 11.1. The zero-order valence-electron chi connectivity index (χ0n) is 41.8. The first-order valence-electron chi connectivity index (χ1n) is 23.4. The molecular formula is C53H69N5O9S. The number of alkyl carbamates (subject to hydrolysis) is 1. The quantitative estimate of drug-likeness (QED) is 0.0972. The van der Waals surface area contributed by atoms with Crippen LogP contribution in [0.5, 0.6) is 11.5 Å². The smallest absolute Gasteiger partial charge is 0.408 e. The monoisotopic (exact) mass is 951 g/mol. The molecule has 2 aliphatic rings. The lowest BCUT2D eigenvalue weighted by molar-refractivity contribution is -0.143. The van der Waals surface area contributed by atoms with E-state index in [1.807, 2.05) is 96.1 Å². The van der Waals surface area contributed by atoms with E-state index >= 15 is 0 Å². The number of aromatic nitrogens is 1. The van der Waals surface area contributed by atoms with Crippen LogP contribution >= 0.6 is 0 Å². The summed E-state index contributed by atoms with van der Waals surface area (Å²) in [6, 6.07) is 18.2. The number of methoxy groups -OCH3 is 1. The lowest BCUT2D eigenvalue weighted by Crippen LogP contribution is -2.60. The standard InChI is InChI=1S/C53H69N5O9S/c1-15-35-28-53(35,49(61)57-68(63,64)45-39(31(4)5)23-34(30(2)3)24-40(45)32(6)7)56-47(59)43-26-37(29-58(43)48(60)46(51(8,9)10)55-50(62)67-52(11,12)13)66-44-27-41(33-19-17-16-18-20-33)54-42-25-36(65-14)21-22-38(42)44/h15-25,27,30-32,35,37,43,46H,1,26,28-29H2,2-14H3,(H,55,62)(H,56,59)(H,57,61)/t35?,37-,43+,46-,53?/m1/s1. The summed E-state index contributed by atoms with van der Waals surface area (Å²) >= 11 is 0. The molecule has 1 aromatic heterocycles. The van der Waals surface area contributed by atoms with Crippen molar-refractivity contribution in [2.75, 3.05) is 13.7 Å². The summed E-state index contributed by atoms with van der Waals surface area (Å²) in [6.07, 6.45) is -0.0150. The van der Waals surface area contributed by atoms with Crippen molar-refractivity contribution in [3.63, 3.8) is 0 Å². The van der Waals surface area contributed by atoms with E-state index < -0.39 is 74.5 Å². The van der Waals surface area contributed by atoms with Gasteiger partial charge in [-0.05, 0) is 79.2 Å². The van der Waals surface area contributed by atoms with Crippen LogP contribution < -0.4 is 24.8 Å². The van der Waals surface area contributed by atoms with Crippen molar-refractivity contribution in [3.8, 4) is 22.8 Å². The van der Waals surface area contributed by atoms with E-state index in [-0.39, 0.29) is 42.0 Å². The second-order valence-electron chi connectivity index (χ2n) is 21.1. The average Bonchev–Trinajstić information content (AvgIpc) is 3.82. The molecule has 366 valence electrons. The molecule has 4 amide bonds. The van der Waals surface area contributed by atoms with Gasteiger partial charge in [0, 0.05) is 35.4 Å². The van der Waals surface area contributed by atoms with Crippen molar-refractivity contribution in [1.29, 1.82) is 0 Å². The number of nitrogens with one attached hydrogen (secondary N) is 3. The van der Waals surface area contributed by atoms with Gasteiger partial charge in [-0.25, -0.2) is 22.9 Å². The fourth-order valence-corrected chi connectivity index (χ4v) is 10.5. The zero-order valence-corrected chi connectivity index (χ0v) is 42.6. The molecule has 6 rings (SSSR count). The molecule has 1 saturated carbocycles. The summed E-state index contributed by atoms with van der Waals surface area (Å²) < 4.78 is 49.3. The number of carbonyl (C=O) groups excluding carboxylic acids is 4. The van der Waals surface area contributed by atoms with Gasteiger partial charge in [-0.1, -0.05) is 111 Å². The molecule has 5 atom stereocenters. The number of nitrogens with zero attached hydrogens (tertiary/aromatic N) is 2. The number of amides is 4. The number of sulfonamides is 1. The van der Waals surface area contributed by atoms with E-state index in [0.29, 0.717) is 39.2 Å². The maximum atomic E-state index is 15.0. The molecule has 0 radical (unpaired) electrons. The molecule has 68 heavy (non-hydrogen) atoms. The number of ether oxygens (including phenoxy) is 3. The predicted molar refractivity (Wildman–Crippen MR) is 264 cm³/mol. The summed E-state index contributed by atoms with van der Waals surface area (Å²) in [5.74, 6) is -2.02. The summed E-state index contributed by atoms with van der Waals surface area (Å²) in [7, 11) is -2.91. The van der Waals surface area contributed by atoms with Crippen LogP contribution in [0.15, 0.2) is 84.3 Å². The molecule has 0 spiro atoms. The topological polar surface area (TPSA) is 182 Å². The summed E-state index contributed by atoms with van der Waals surface area (Å²) in [5.41, 5.74) is 0.799. The minimum absolute atomic E-state index is 0.0199. The van der Waals surface area contributed by atoms with E-state index in [4.69, 9.17) is 19.2 Å². The Labute approximate surface area is 402 Å². The van der Waals surface area contributed by atoms with E-state index in [0.717, 1.165) is 11.1 Å². The van der Waals surface area contributed by atoms with E-state index in [2.05, 4.69) is 21.9 Å². The van der Waals surface area contributed by atoms with Crippen LogP contribution in [0.4, 0.5) is 4.79 Å². The first kappa shape index (κ1) is 51.4. The molecule has 0 bridgehead atoms. The zero-order chi connectivity index (χ0) is 50.3. The molecule has 3 N–H and O–H groups in total. The number of fused-ring (bicyclic) bond motifs is 1. The molecule has 2 fully saturated rings. The predicted octanol–water partition coefficient (Wildman–Crippen LogP) is 9.13. The van der Waals surface area contributed by atoms with Crippen molar-refractivity contribution < 1.29 is 41.8 Å². The Morgan fingerprint density at radius 1 is 0.882 bits per heavy atom. The number of rotatable bonds is 15. The Bertz CT molecular complexity index is 2660. The van der Waals surface area contributed by atoms with Gasteiger partial charge >= 0.3 is 6.09 Å². The number of likely N-dealkylation sites (tertiary alicyclic amines) is 1. The Morgan fingerprint density at radius 3 is 2.04 bits per heavy atom. The molecule has 14 nitrogen and oxygen atoms in total. The summed E-state index contributed by atoms with van der Waals surface area (Å²) in [5, 5.41) is 6.32. The van der Waals surface area contributed by atoms with Gasteiger partial charge in [0.05, 0.1) is 29.8 Å². The maximum absolute atomic E-state index is 15.0. The van der Waals surface area contributed by atoms with Crippen molar-refractivity contribution in [2.45, 2.75) is 148 Å². The summed E-state index contributed by atoms with van der Waals surface area (Å²) in [6.45, 7) is 26.1. The highest BCUT2D eigenvalue weighted by molar-refractivity contribution is 7.90. The van der Waals surface area contributed by atoms with E-state index in [9.17, 15) is 27.6 Å². The Morgan fingerprint density at radius 2 is 1.51 bits per heavy atom. The number of pyridine rings is 1.